The molecule has 106 valence electrons. The molecular formula is C13H13Cl2N3O2. The van der Waals surface area contributed by atoms with Crippen molar-refractivity contribution in [1.82, 2.24) is 9.80 Å². The van der Waals surface area contributed by atoms with Crippen molar-refractivity contribution >= 4 is 46.7 Å². The Hall–Kier alpha value is -1.59. The first-order valence-electron chi connectivity index (χ1n) is 6.00. The molecule has 0 aromatic heterocycles. The quantitative estimate of drug-likeness (QED) is 0.800. The average molecular weight is 314 g/mol. The molecule has 0 radical (unpaired) electrons. The number of benzene rings is 1. The van der Waals surface area contributed by atoms with E-state index in [9.17, 15) is 9.59 Å². The Morgan fingerprint density at radius 2 is 1.50 bits per heavy atom. The van der Waals surface area contributed by atoms with Crippen LogP contribution in [0.5, 0.6) is 0 Å². The summed E-state index contributed by atoms with van der Waals surface area (Å²) < 4.78 is 0. The Balaban J connectivity index is 2.52. The van der Waals surface area contributed by atoms with Gasteiger partial charge in [0.05, 0.1) is 10.0 Å². The molecule has 1 aromatic rings. The lowest BCUT2D eigenvalue weighted by atomic mass is 10.3. The van der Waals surface area contributed by atoms with Gasteiger partial charge in [-0.15, -0.1) is 0 Å². The Morgan fingerprint density at radius 1 is 1.05 bits per heavy atom. The smallest absolute Gasteiger partial charge is 0.226 e. The fourth-order valence-electron chi connectivity index (χ4n) is 1.96. The van der Waals surface area contributed by atoms with Crippen LogP contribution in [-0.4, -0.2) is 40.7 Å². The van der Waals surface area contributed by atoms with Crippen molar-refractivity contribution in [3.05, 3.63) is 28.2 Å². The van der Waals surface area contributed by atoms with Gasteiger partial charge in [-0.05, 0) is 12.1 Å². The highest BCUT2D eigenvalue weighted by molar-refractivity contribution is 6.39. The third-order valence-corrected chi connectivity index (χ3v) is 3.55. The molecule has 0 saturated carbocycles. The van der Waals surface area contributed by atoms with E-state index in [2.05, 4.69) is 4.99 Å². The van der Waals surface area contributed by atoms with Gasteiger partial charge < -0.3 is 0 Å². The van der Waals surface area contributed by atoms with Gasteiger partial charge in [-0.2, -0.15) is 0 Å². The molecule has 1 fully saturated rings. The molecule has 1 aliphatic heterocycles. The standard InChI is InChI=1S/C13H13Cl2N3O2/c1-8(19)17-6-7-18(9(2)20)13(17)16-12-10(14)4-3-5-11(12)15/h3-5H,6-7H2,1-2H3. The molecule has 0 unspecified atom stereocenters. The van der Waals surface area contributed by atoms with E-state index < -0.39 is 0 Å². The predicted molar refractivity (Wildman–Crippen MR) is 78.3 cm³/mol. The second-order valence-corrected chi connectivity index (χ2v) is 5.14. The first kappa shape index (κ1) is 14.8. The van der Waals surface area contributed by atoms with Crippen LogP contribution in [0.3, 0.4) is 0 Å². The highest BCUT2D eigenvalue weighted by Crippen LogP contribution is 2.33. The molecule has 1 aliphatic rings. The molecule has 1 heterocycles. The molecule has 0 bridgehead atoms. The van der Waals surface area contributed by atoms with Gasteiger partial charge in [0.1, 0.15) is 5.69 Å². The minimum Gasteiger partial charge on any atom is -0.280 e. The number of carbonyl (C=O) groups excluding carboxylic acids is 2. The maximum absolute atomic E-state index is 11.6. The highest BCUT2D eigenvalue weighted by Gasteiger charge is 2.32. The lowest BCUT2D eigenvalue weighted by Crippen LogP contribution is -2.38. The number of carbonyl (C=O) groups is 2. The third kappa shape index (κ3) is 2.78. The summed E-state index contributed by atoms with van der Waals surface area (Å²) in [5, 5.41) is 0.729. The van der Waals surface area contributed by atoms with Gasteiger partial charge >= 0.3 is 0 Å². The van der Waals surface area contributed by atoms with Crippen molar-refractivity contribution in [2.45, 2.75) is 13.8 Å². The van der Waals surface area contributed by atoms with E-state index in [1.54, 1.807) is 18.2 Å². The van der Waals surface area contributed by atoms with Crippen molar-refractivity contribution in [2.75, 3.05) is 13.1 Å². The molecule has 2 amide bonds. The number of nitrogens with zero attached hydrogens (tertiary/aromatic N) is 3. The number of aliphatic imine (C=N–C) groups is 1. The van der Waals surface area contributed by atoms with Crippen LogP contribution in [-0.2, 0) is 9.59 Å². The Labute approximate surface area is 126 Å². The topological polar surface area (TPSA) is 53.0 Å². The van der Waals surface area contributed by atoms with E-state index in [0.717, 1.165) is 0 Å². The summed E-state index contributed by atoms with van der Waals surface area (Å²) in [6.45, 7) is 3.67. The van der Waals surface area contributed by atoms with Gasteiger partial charge in [-0.1, -0.05) is 29.3 Å². The third-order valence-electron chi connectivity index (χ3n) is 2.94. The number of para-hydroxylation sites is 1. The summed E-state index contributed by atoms with van der Waals surface area (Å²) in [5.74, 6) is -0.105. The van der Waals surface area contributed by atoms with Crippen LogP contribution < -0.4 is 0 Å². The summed E-state index contributed by atoms with van der Waals surface area (Å²) in [4.78, 5) is 30.4. The van der Waals surface area contributed by atoms with Crippen molar-refractivity contribution < 1.29 is 9.59 Å². The lowest BCUT2D eigenvalue weighted by Gasteiger charge is -2.19. The maximum Gasteiger partial charge on any atom is 0.226 e. The van der Waals surface area contributed by atoms with Gasteiger partial charge in [0, 0.05) is 26.9 Å². The zero-order chi connectivity index (χ0) is 14.9. The first-order chi connectivity index (χ1) is 9.41. The second-order valence-electron chi connectivity index (χ2n) is 4.32. The summed E-state index contributed by atoms with van der Waals surface area (Å²) in [7, 11) is 0. The van der Waals surface area contributed by atoms with Crippen LogP contribution in [0, 0.1) is 0 Å². The van der Waals surface area contributed by atoms with E-state index in [1.807, 2.05) is 0 Å². The van der Waals surface area contributed by atoms with Gasteiger partial charge in [0.25, 0.3) is 0 Å². The van der Waals surface area contributed by atoms with E-state index in [0.29, 0.717) is 28.8 Å². The molecule has 0 N–H and O–H groups in total. The number of hydrogen-bond donors (Lipinski definition) is 0. The zero-order valence-corrected chi connectivity index (χ0v) is 12.6. The number of rotatable bonds is 1. The molecule has 0 aliphatic carbocycles. The molecule has 5 nitrogen and oxygen atoms in total. The minimum atomic E-state index is -0.185. The van der Waals surface area contributed by atoms with Gasteiger partial charge in [0.15, 0.2) is 0 Å². The Kier molecular flexibility index (Phi) is 4.30. The number of hydrogen-bond acceptors (Lipinski definition) is 3. The van der Waals surface area contributed by atoms with Crippen molar-refractivity contribution in [2.24, 2.45) is 4.99 Å². The van der Waals surface area contributed by atoms with E-state index in [1.165, 1.54) is 23.6 Å². The second kappa shape index (κ2) is 5.81. The van der Waals surface area contributed by atoms with Gasteiger partial charge in [-0.25, -0.2) is 4.99 Å². The number of guanidine groups is 1. The molecule has 1 saturated heterocycles. The fourth-order valence-corrected chi connectivity index (χ4v) is 2.44. The van der Waals surface area contributed by atoms with Crippen LogP contribution in [0.4, 0.5) is 5.69 Å². The van der Waals surface area contributed by atoms with E-state index in [-0.39, 0.29) is 17.8 Å². The highest BCUT2D eigenvalue weighted by atomic mass is 35.5. The first-order valence-corrected chi connectivity index (χ1v) is 6.76. The van der Waals surface area contributed by atoms with Crippen molar-refractivity contribution in [1.29, 1.82) is 0 Å². The van der Waals surface area contributed by atoms with Crippen LogP contribution in [0.15, 0.2) is 23.2 Å². The van der Waals surface area contributed by atoms with E-state index >= 15 is 0 Å². The molecule has 20 heavy (non-hydrogen) atoms. The molecule has 7 heteroatoms. The molecule has 2 rings (SSSR count). The van der Waals surface area contributed by atoms with Crippen LogP contribution in [0.1, 0.15) is 13.8 Å². The largest absolute Gasteiger partial charge is 0.280 e. The molecular weight excluding hydrogens is 301 g/mol. The molecule has 0 spiro atoms. The maximum atomic E-state index is 11.6. The van der Waals surface area contributed by atoms with Crippen LogP contribution in [0.25, 0.3) is 0 Å². The summed E-state index contributed by atoms with van der Waals surface area (Å²) in [6.07, 6.45) is 0. The van der Waals surface area contributed by atoms with Crippen molar-refractivity contribution in [3.63, 3.8) is 0 Å². The monoisotopic (exact) mass is 313 g/mol. The van der Waals surface area contributed by atoms with E-state index in [4.69, 9.17) is 23.2 Å². The molecule has 1 aromatic carbocycles. The lowest BCUT2D eigenvalue weighted by molar-refractivity contribution is -0.124. The SMILES string of the molecule is CC(=O)N1CCN(C(C)=O)C1=Nc1c(Cl)cccc1Cl. The summed E-state index contributed by atoms with van der Waals surface area (Å²) in [6, 6.07) is 5.00. The summed E-state index contributed by atoms with van der Waals surface area (Å²) in [5.41, 5.74) is 0.352. The number of amides is 2. The number of halogens is 2. The zero-order valence-electron chi connectivity index (χ0n) is 11.1. The summed E-state index contributed by atoms with van der Waals surface area (Å²) >= 11 is 12.1. The Morgan fingerprint density at radius 3 is 1.90 bits per heavy atom. The predicted octanol–water partition coefficient (Wildman–Crippen LogP) is 2.69. The van der Waals surface area contributed by atoms with Crippen LogP contribution in [0.2, 0.25) is 10.0 Å². The van der Waals surface area contributed by atoms with Gasteiger partial charge in [0.2, 0.25) is 17.8 Å². The normalized spacial score (nSPS) is 14.7. The Bertz CT molecular complexity index is 557. The van der Waals surface area contributed by atoms with Gasteiger partial charge in [-0.3, -0.25) is 19.4 Å². The average Bonchev–Trinajstić information content (AvgIpc) is 2.77. The van der Waals surface area contributed by atoms with Crippen molar-refractivity contribution in [3.8, 4) is 0 Å². The fraction of sp³-hybridized carbons (Fsp3) is 0.308. The minimum absolute atomic E-state index is 0.185. The van der Waals surface area contributed by atoms with Crippen LogP contribution >= 0.6 is 23.2 Å². The molecule has 0 atom stereocenters.